The Morgan fingerprint density at radius 2 is 1.24 bits per heavy atom. The largest absolute Gasteiger partial charge is 0.386 e. The Kier molecular flexibility index (Phi) is 4.69. The van der Waals surface area contributed by atoms with Crippen LogP contribution in [0, 0.1) is 0 Å². The normalized spacial score (nSPS) is 19.1. The second kappa shape index (κ2) is 6.88. The molecule has 2 heteroatoms. The smallest absolute Gasteiger partial charge is 0.0986 e. The molecule has 2 aromatic rings. The number of aliphatic hydroxyl groups is 1. The molecule has 1 fully saturated rings. The fourth-order valence-electron chi connectivity index (χ4n) is 3.27. The summed E-state index contributed by atoms with van der Waals surface area (Å²) in [7, 11) is 0. The van der Waals surface area contributed by atoms with E-state index in [0.717, 1.165) is 18.7 Å². The molecule has 1 aliphatic rings. The lowest BCUT2D eigenvalue weighted by Crippen LogP contribution is -2.36. The monoisotopic (exact) mass is 281 g/mol. The molecule has 2 nitrogen and oxygen atoms in total. The number of piperidine rings is 1. The zero-order chi connectivity index (χ0) is 14.5. The van der Waals surface area contributed by atoms with E-state index in [2.05, 4.69) is 29.2 Å². The van der Waals surface area contributed by atoms with E-state index in [1.807, 2.05) is 36.4 Å². The zero-order valence-corrected chi connectivity index (χ0v) is 12.4. The van der Waals surface area contributed by atoms with Crippen LogP contribution in [0.4, 0.5) is 0 Å². The van der Waals surface area contributed by atoms with Crippen LogP contribution >= 0.6 is 0 Å². The lowest BCUT2D eigenvalue weighted by molar-refractivity contribution is 0.0362. The minimum atomic E-state index is -0.480. The molecule has 0 unspecified atom stereocenters. The highest BCUT2D eigenvalue weighted by atomic mass is 16.3. The van der Waals surface area contributed by atoms with Gasteiger partial charge < -0.3 is 5.11 Å². The van der Waals surface area contributed by atoms with Crippen LogP contribution in [0.15, 0.2) is 60.7 Å². The van der Waals surface area contributed by atoms with Crippen molar-refractivity contribution in [2.24, 2.45) is 0 Å². The molecule has 2 aromatic carbocycles. The van der Waals surface area contributed by atoms with Gasteiger partial charge in [0.1, 0.15) is 0 Å². The molecular formula is C19H23NO. The maximum atomic E-state index is 10.9. The molecule has 1 N–H and O–H groups in total. The molecule has 110 valence electrons. The van der Waals surface area contributed by atoms with Gasteiger partial charge in [0.2, 0.25) is 0 Å². The Morgan fingerprint density at radius 3 is 1.81 bits per heavy atom. The number of nitrogens with zero attached hydrogens (tertiary/aromatic N) is 1. The number of benzene rings is 2. The number of rotatable bonds is 4. The standard InChI is InChI=1S/C19H23NO/c21-19(17-12-6-2-7-13-17)18(16-10-4-1-5-11-16)20-14-8-3-9-15-20/h1-2,4-7,10-13,18-19,21H,3,8-9,14-15H2/t18-,19+/m0/s1. The second-order valence-corrected chi connectivity index (χ2v) is 5.81. The first-order valence-corrected chi connectivity index (χ1v) is 7.88. The molecule has 0 saturated carbocycles. The van der Waals surface area contributed by atoms with Gasteiger partial charge in [-0.1, -0.05) is 67.1 Å². The van der Waals surface area contributed by atoms with Crippen LogP contribution in [0.1, 0.15) is 42.5 Å². The molecule has 1 heterocycles. The van der Waals surface area contributed by atoms with E-state index < -0.39 is 6.10 Å². The first-order valence-electron chi connectivity index (χ1n) is 7.88. The number of aliphatic hydroxyl groups excluding tert-OH is 1. The highest BCUT2D eigenvalue weighted by Crippen LogP contribution is 2.35. The van der Waals surface area contributed by atoms with Crippen LogP contribution < -0.4 is 0 Å². The van der Waals surface area contributed by atoms with Crippen molar-refractivity contribution in [2.75, 3.05) is 13.1 Å². The third kappa shape index (κ3) is 3.34. The summed E-state index contributed by atoms with van der Waals surface area (Å²) in [6.07, 6.45) is 3.28. The van der Waals surface area contributed by atoms with E-state index in [9.17, 15) is 5.11 Å². The van der Waals surface area contributed by atoms with Crippen LogP contribution in [0.25, 0.3) is 0 Å². The minimum Gasteiger partial charge on any atom is -0.386 e. The summed E-state index contributed by atoms with van der Waals surface area (Å²) in [4.78, 5) is 2.44. The Morgan fingerprint density at radius 1 is 0.714 bits per heavy atom. The molecule has 21 heavy (non-hydrogen) atoms. The highest BCUT2D eigenvalue weighted by molar-refractivity contribution is 5.26. The van der Waals surface area contributed by atoms with Crippen molar-refractivity contribution in [2.45, 2.75) is 31.4 Å². The van der Waals surface area contributed by atoms with Crippen molar-refractivity contribution >= 4 is 0 Å². The first-order chi connectivity index (χ1) is 10.4. The molecule has 3 rings (SSSR count). The zero-order valence-electron chi connectivity index (χ0n) is 12.4. The van der Waals surface area contributed by atoms with Crippen LogP contribution in [0.3, 0.4) is 0 Å². The maximum absolute atomic E-state index is 10.9. The van der Waals surface area contributed by atoms with E-state index in [1.165, 1.54) is 24.8 Å². The average Bonchev–Trinajstić information content (AvgIpc) is 2.58. The molecule has 1 aliphatic heterocycles. The molecule has 2 atom stereocenters. The average molecular weight is 281 g/mol. The van der Waals surface area contributed by atoms with Crippen molar-refractivity contribution in [1.29, 1.82) is 0 Å². The maximum Gasteiger partial charge on any atom is 0.0986 e. The first kappa shape index (κ1) is 14.3. The second-order valence-electron chi connectivity index (χ2n) is 5.81. The number of hydrogen-bond donors (Lipinski definition) is 1. The number of likely N-dealkylation sites (tertiary alicyclic amines) is 1. The third-order valence-electron chi connectivity index (χ3n) is 4.37. The van der Waals surface area contributed by atoms with Gasteiger partial charge >= 0.3 is 0 Å². The van der Waals surface area contributed by atoms with E-state index >= 15 is 0 Å². The van der Waals surface area contributed by atoms with Crippen molar-refractivity contribution in [1.82, 2.24) is 4.90 Å². The Labute approximate surface area is 127 Å². The quantitative estimate of drug-likeness (QED) is 0.917. The molecule has 0 bridgehead atoms. The van der Waals surface area contributed by atoms with Crippen LogP contribution in [-0.2, 0) is 0 Å². The van der Waals surface area contributed by atoms with E-state index in [1.54, 1.807) is 0 Å². The Hall–Kier alpha value is -1.64. The summed E-state index contributed by atoms with van der Waals surface area (Å²) >= 11 is 0. The van der Waals surface area contributed by atoms with Gasteiger partial charge in [-0.25, -0.2) is 0 Å². The van der Waals surface area contributed by atoms with Crippen LogP contribution in [0.2, 0.25) is 0 Å². The summed E-state index contributed by atoms with van der Waals surface area (Å²) in [5.41, 5.74) is 2.20. The van der Waals surface area contributed by atoms with Crippen LogP contribution in [-0.4, -0.2) is 23.1 Å². The van der Waals surface area contributed by atoms with Gasteiger partial charge in [-0.05, 0) is 37.1 Å². The SMILES string of the molecule is O[C@H](c1ccccc1)[C@H](c1ccccc1)N1CCCCC1. The highest BCUT2D eigenvalue weighted by Gasteiger charge is 2.29. The fourth-order valence-corrected chi connectivity index (χ4v) is 3.27. The third-order valence-corrected chi connectivity index (χ3v) is 4.37. The molecule has 0 aliphatic carbocycles. The molecule has 0 aromatic heterocycles. The lowest BCUT2D eigenvalue weighted by atomic mass is 9.93. The van der Waals surface area contributed by atoms with Gasteiger partial charge in [0.05, 0.1) is 12.1 Å². The van der Waals surface area contributed by atoms with Gasteiger partial charge in [-0.15, -0.1) is 0 Å². The number of hydrogen-bond acceptors (Lipinski definition) is 2. The van der Waals surface area contributed by atoms with Gasteiger partial charge in [0, 0.05) is 0 Å². The molecule has 1 saturated heterocycles. The van der Waals surface area contributed by atoms with Crippen LogP contribution in [0.5, 0.6) is 0 Å². The van der Waals surface area contributed by atoms with Crippen molar-refractivity contribution < 1.29 is 5.11 Å². The van der Waals surface area contributed by atoms with Crippen molar-refractivity contribution in [3.8, 4) is 0 Å². The predicted molar refractivity (Wildman–Crippen MR) is 86.0 cm³/mol. The summed E-state index contributed by atoms with van der Waals surface area (Å²) in [6, 6.07) is 20.5. The van der Waals surface area contributed by atoms with E-state index in [-0.39, 0.29) is 6.04 Å². The van der Waals surface area contributed by atoms with Gasteiger partial charge in [0.15, 0.2) is 0 Å². The predicted octanol–water partition coefficient (Wildman–Crippen LogP) is 3.95. The molecule has 0 amide bonds. The fraction of sp³-hybridized carbons (Fsp3) is 0.368. The Balaban J connectivity index is 1.92. The topological polar surface area (TPSA) is 23.5 Å². The van der Waals surface area contributed by atoms with Crippen molar-refractivity contribution in [3.05, 3.63) is 71.8 Å². The van der Waals surface area contributed by atoms with Gasteiger partial charge in [-0.3, -0.25) is 4.90 Å². The molecular weight excluding hydrogens is 258 g/mol. The molecule has 0 radical (unpaired) electrons. The van der Waals surface area contributed by atoms with Gasteiger partial charge in [-0.2, -0.15) is 0 Å². The summed E-state index contributed by atoms with van der Waals surface area (Å²) in [5, 5.41) is 10.9. The summed E-state index contributed by atoms with van der Waals surface area (Å²) < 4.78 is 0. The summed E-state index contributed by atoms with van der Waals surface area (Å²) in [5.74, 6) is 0. The van der Waals surface area contributed by atoms with E-state index in [0.29, 0.717) is 0 Å². The van der Waals surface area contributed by atoms with Gasteiger partial charge in [0.25, 0.3) is 0 Å². The Bertz CT molecular complexity index is 534. The minimum absolute atomic E-state index is 0.0499. The van der Waals surface area contributed by atoms with Crippen molar-refractivity contribution in [3.63, 3.8) is 0 Å². The molecule has 0 spiro atoms. The van der Waals surface area contributed by atoms with E-state index in [4.69, 9.17) is 0 Å². The summed E-state index contributed by atoms with van der Waals surface area (Å²) in [6.45, 7) is 2.15. The lowest BCUT2D eigenvalue weighted by Gasteiger charge is -2.37.